The molecule has 4 fully saturated rings. The molecule has 19 heteroatoms. The van der Waals surface area contributed by atoms with Gasteiger partial charge >= 0.3 is 0 Å². The number of hydrogen-bond acceptors (Lipinski definition) is 14. The molecular formula is C49H56ClN9O8S. The van der Waals surface area contributed by atoms with E-state index in [2.05, 4.69) is 48.7 Å². The molecule has 5 aliphatic heterocycles. The lowest BCUT2D eigenvalue weighted by atomic mass is 9.72. The fourth-order valence-corrected chi connectivity index (χ4v) is 11.4. The van der Waals surface area contributed by atoms with E-state index in [9.17, 15) is 32.4 Å². The summed E-state index contributed by atoms with van der Waals surface area (Å²) in [6, 6.07) is 15.0. The lowest BCUT2D eigenvalue weighted by molar-refractivity contribution is -0.145. The van der Waals surface area contributed by atoms with E-state index in [1.165, 1.54) is 11.8 Å². The standard InChI is InChI=1S/C49H56ClN9O8S/c1-28(2)67-40-22-34(30(5)20-38(40)53-48-51-23-36(50)44(55-48)52-37-8-6-7-9-41(37)68(65,66)29(3)4)31-14-17-56(18-15-31)19-16-43(61)58-26-49(27-58)24-57(25-49)32-10-11-33-35(21-32)47(64)59(46(33)63)39-12-13-42(60)54-45(39)62/h6-11,20-23,28-29,31,39H,12-19,24-27H2,1-5H3,(H,54,60,62)(H2,51,52,53,55). The van der Waals surface area contributed by atoms with Gasteiger partial charge in [0.2, 0.25) is 23.7 Å². The maximum absolute atomic E-state index is 13.4. The van der Waals surface area contributed by atoms with Gasteiger partial charge in [-0.05, 0) is 126 Å². The quantitative estimate of drug-likeness (QED) is 0.120. The summed E-state index contributed by atoms with van der Waals surface area (Å²) in [5.74, 6) is -0.470. The second-order valence-corrected chi connectivity index (χ2v) is 22.1. The van der Waals surface area contributed by atoms with Crippen LogP contribution >= 0.6 is 11.6 Å². The van der Waals surface area contributed by atoms with Crippen molar-refractivity contribution in [2.75, 3.05) is 61.3 Å². The minimum absolute atomic E-state index is 0.00177. The summed E-state index contributed by atoms with van der Waals surface area (Å²) in [5, 5.41) is 8.26. The lowest BCUT2D eigenvalue weighted by Gasteiger charge is -2.61. The van der Waals surface area contributed by atoms with Crippen LogP contribution in [0.2, 0.25) is 5.02 Å². The fourth-order valence-electron chi connectivity index (χ4n) is 10.0. The number of imide groups is 2. The van der Waals surface area contributed by atoms with E-state index in [4.69, 9.17) is 16.3 Å². The first-order valence-corrected chi connectivity index (χ1v) is 25.1. The Bertz CT molecular complexity index is 2820. The number of likely N-dealkylation sites (tertiary alicyclic amines) is 2. The Balaban J connectivity index is 0.761. The monoisotopic (exact) mass is 965 g/mol. The first kappa shape index (κ1) is 47.0. The molecular weight excluding hydrogens is 910 g/mol. The summed E-state index contributed by atoms with van der Waals surface area (Å²) in [5.41, 5.74) is 4.69. The molecule has 0 bridgehead atoms. The number of benzene rings is 3. The Hall–Kier alpha value is -6.11. The maximum Gasteiger partial charge on any atom is 0.262 e. The van der Waals surface area contributed by atoms with Gasteiger partial charge in [-0.3, -0.25) is 34.2 Å². The van der Waals surface area contributed by atoms with Crippen molar-refractivity contribution in [2.24, 2.45) is 5.41 Å². The highest BCUT2D eigenvalue weighted by Gasteiger charge is 2.53. The molecule has 1 atom stereocenters. The minimum atomic E-state index is -3.59. The normalized spacial score (nSPS) is 19.6. The van der Waals surface area contributed by atoms with Gasteiger partial charge in [0, 0.05) is 56.7 Å². The second-order valence-electron chi connectivity index (χ2n) is 19.3. The number of rotatable bonds is 14. The van der Waals surface area contributed by atoms with Gasteiger partial charge in [-0.15, -0.1) is 0 Å². The van der Waals surface area contributed by atoms with Gasteiger partial charge in [0.1, 0.15) is 16.8 Å². The van der Waals surface area contributed by atoms with Crippen LogP contribution in [0.3, 0.4) is 0 Å². The molecule has 3 aromatic carbocycles. The average Bonchev–Trinajstić information content (AvgIpc) is 3.51. The van der Waals surface area contributed by atoms with Gasteiger partial charge in [0.15, 0.2) is 15.7 Å². The molecule has 4 aromatic rings. The summed E-state index contributed by atoms with van der Waals surface area (Å²) in [6.07, 6.45) is 3.86. The number of aryl methyl sites for hydroxylation is 1. The number of piperidine rings is 2. The number of carbonyl (C=O) groups excluding carboxylic acids is 5. The number of ether oxygens (including phenoxy) is 1. The number of amides is 5. The van der Waals surface area contributed by atoms with Gasteiger partial charge in [-0.1, -0.05) is 23.7 Å². The molecule has 0 saturated carbocycles. The molecule has 6 heterocycles. The van der Waals surface area contributed by atoms with Crippen molar-refractivity contribution in [3.63, 3.8) is 0 Å². The van der Waals surface area contributed by atoms with Crippen LogP contribution in [-0.2, 0) is 24.2 Å². The highest BCUT2D eigenvalue weighted by Crippen LogP contribution is 2.44. The van der Waals surface area contributed by atoms with Crippen molar-refractivity contribution < 1.29 is 37.1 Å². The van der Waals surface area contributed by atoms with Gasteiger partial charge < -0.3 is 30.1 Å². The van der Waals surface area contributed by atoms with Crippen LogP contribution in [0.5, 0.6) is 5.75 Å². The van der Waals surface area contributed by atoms with Crippen LogP contribution in [0.25, 0.3) is 0 Å². The molecule has 0 radical (unpaired) electrons. The number of halogens is 1. The fraction of sp³-hybridized carbons (Fsp3) is 0.449. The largest absolute Gasteiger partial charge is 0.489 e. The van der Waals surface area contributed by atoms with E-state index in [0.29, 0.717) is 49.1 Å². The molecule has 17 nitrogen and oxygen atoms in total. The van der Waals surface area contributed by atoms with Crippen LogP contribution in [0.15, 0.2) is 65.7 Å². The summed E-state index contributed by atoms with van der Waals surface area (Å²) in [6.45, 7) is 14.6. The molecule has 3 N–H and O–H groups in total. The Morgan fingerprint density at radius 3 is 2.34 bits per heavy atom. The van der Waals surface area contributed by atoms with Crippen molar-refractivity contribution in [1.82, 2.24) is 30.0 Å². The first-order chi connectivity index (χ1) is 32.4. The number of nitrogens with one attached hydrogen (secondary N) is 3. The number of fused-ring (bicyclic) bond motifs is 1. The molecule has 1 unspecified atom stereocenters. The topological polar surface area (TPSA) is 204 Å². The molecule has 1 spiro atoms. The van der Waals surface area contributed by atoms with E-state index in [-0.39, 0.29) is 63.1 Å². The third-order valence-corrected chi connectivity index (χ3v) is 16.2. The van der Waals surface area contributed by atoms with E-state index >= 15 is 0 Å². The van der Waals surface area contributed by atoms with Crippen LogP contribution in [0, 0.1) is 12.3 Å². The van der Waals surface area contributed by atoms with Crippen LogP contribution < -0.4 is 25.6 Å². The minimum Gasteiger partial charge on any atom is -0.489 e. The van der Waals surface area contributed by atoms with Crippen LogP contribution in [0.4, 0.5) is 28.8 Å². The zero-order chi connectivity index (χ0) is 48.2. The molecule has 0 aliphatic carbocycles. The molecule has 1 aromatic heterocycles. The SMILES string of the molecule is Cc1cc(Nc2ncc(Cl)c(Nc3ccccc3S(=O)(=O)C(C)C)n2)c(OC(C)C)cc1C1CCN(CCC(=O)N2CC3(C2)CN(c2ccc4c(c2)C(=O)N(C2CCC(=O)NC2=O)C4=O)C3)CC1. The van der Waals surface area contributed by atoms with E-state index in [1.807, 2.05) is 30.9 Å². The van der Waals surface area contributed by atoms with E-state index < -0.39 is 44.8 Å². The molecule has 4 saturated heterocycles. The number of nitrogens with zero attached hydrogens (tertiary/aromatic N) is 6. The molecule has 5 aliphatic rings. The van der Waals surface area contributed by atoms with E-state index in [1.54, 1.807) is 50.2 Å². The van der Waals surface area contributed by atoms with Gasteiger partial charge in [0.05, 0.1) is 44.9 Å². The van der Waals surface area contributed by atoms with Gasteiger partial charge in [-0.2, -0.15) is 4.98 Å². The molecule has 5 amide bonds. The van der Waals surface area contributed by atoms with Gasteiger partial charge in [-0.25, -0.2) is 13.4 Å². The highest BCUT2D eigenvalue weighted by molar-refractivity contribution is 7.92. The first-order valence-electron chi connectivity index (χ1n) is 23.2. The zero-order valence-corrected chi connectivity index (χ0v) is 40.4. The van der Waals surface area contributed by atoms with Crippen molar-refractivity contribution in [2.45, 2.75) is 94.9 Å². The van der Waals surface area contributed by atoms with Crippen molar-refractivity contribution in [1.29, 1.82) is 0 Å². The van der Waals surface area contributed by atoms with E-state index in [0.717, 1.165) is 55.2 Å². The Kier molecular flexibility index (Phi) is 12.7. The molecule has 68 heavy (non-hydrogen) atoms. The second kappa shape index (κ2) is 18.4. The Labute approximate surface area is 400 Å². The third kappa shape index (κ3) is 9.12. The summed E-state index contributed by atoms with van der Waals surface area (Å²) in [4.78, 5) is 80.6. The zero-order valence-electron chi connectivity index (χ0n) is 38.8. The summed E-state index contributed by atoms with van der Waals surface area (Å²) < 4.78 is 32.6. The van der Waals surface area contributed by atoms with Gasteiger partial charge in [0.25, 0.3) is 11.8 Å². The number of anilines is 5. The number of hydrogen-bond donors (Lipinski definition) is 3. The van der Waals surface area contributed by atoms with Crippen molar-refractivity contribution >= 4 is 79.8 Å². The predicted molar refractivity (Wildman–Crippen MR) is 257 cm³/mol. The van der Waals surface area contributed by atoms with Crippen LogP contribution in [0.1, 0.15) is 97.6 Å². The number of para-hydroxylation sites is 1. The third-order valence-electron chi connectivity index (χ3n) is 13.7. The predicted octanol–water partition coefficient (Wildman–Crippen LogP) is 6.21. The van der Waals surface area contributed by atoms with Crippen molar-refractivity contribution in [3.8, 4) is 5.75 Å². The van der Waals surface area contributed by atoms with Crippen LogP contribution in [-0.4, -0.2) is 126 Å². The number of sulfone groups is 1. The maximum atomic E-state index is 13.4. The Morgan fingerprint density at radius 1 is 0.912 bits per heavy atom. The Morgan fingerprint density at radius 2 is 1.63 bits per heavy atom. The highest BCUT2D eigenvalue weighted by atomic mass is 35.5. The number of aromatic nitrogens is 2. The summed E-state index contributed by atoms with van der Waals surface area (Å²) in [7, 11) is -3.59. The average molecular weight is 967 g/mol. The summed E-state index contributed by atoms with van der Waals surface area (Å²) >= 11 is 6.52. The van der Waals surface area contributed by atoms with Crippen molar-refractivity contribution in [3.05, 3.63) is 88.1 Å². The molecule has 9 rings (SSSR count). The molecule has 358 valence electrons. The lowest BCUT2D eigenvalue weighted by Crippen LogP contribution is -2.73. The number of carbonyl (C=O) groups is 5. The smallest absolute Gasteiger partial charge is 0.262 e.